The summed E-state index contributed by atoms with van der Waals surface area (Å²) in [5.74, 6) is 0.873. The van der Waals surface area contributed by atoms with Gasteiger partial charge in [0, 0.05) is 24.4 Å². The molecule has 0 bridgehead atoms. The Morgan fingerprint density at radius 1 is 1.31 bits per heavy atom. The molecule has 8 heteroatoms. The molecule has 0 radical (unpaired) electrons. The van der Waals surface area contributed by atoms with Crippen molar-refractivity contribution in [2.75, 3.05) is 25.1 Å². The fraction of sp³-hybridized carbons (Fsp3) is 0.611. The first-order chi connectivity index (χ1) is 11.5. The Bertz CT molecular complexity index is 693. The maximum Gasteiger partial charge on any atom is 0.191 e. The lowest BCUT2D eigenvalue weighted by atomic mass is 9.90. The van der Waals surface area contributed by atoms with Crippen LogP contribution in [0.1, 0.15) is 45.7 Å². The highest BCUT2D eigenvalue weighted by Gasteiger charge is 2.20. The van der Waals surface area contributed by atoms with E-state index >= 15 is 0 Å². The molecule has 0 amide bonds. The van der Waals surface area contributed by atoms with Crippen LogP contribution in [0, 0.1) is 5.41 Å². The predicted molar refractivity (Wildman–Crippen MR) is 123 cm³/mol. The van der Waals surface area contributed by atoms with Crippen molar-refractivity contribution in [3.05, 3.63) is 34.9 Å². The quantitative estimate of drug-likeness (QED) is 0.311. The van der Waals surface area contributed by atoms with Crippen LogP contribution in [-0.4, -0.2) is 39.5 Å². The van der Waals surface area contributed by atoms with Crippen LogP contribution in [0.5, 0.6) is 0 Å². The molecule has 0 saturated heterocycles. The van der Waals surface area contributed by atoms with Gasteiger partial charge in [-0.2, -0.15) is 0 Å². The second kappa shape index (κ2) is 11.3. The van der Waals surface area contributed by atoms with Crippen LogP contribution in [0.4, 0.5) is 0 Å². The van der Waals surface area contributed by atoms with E-state index in [9.17, 15) is 8.42 Å². The van der Waals surface area contributed by atoms with Gasteiger partial charge in [-0.05, 0) is 37.3 Å². The molecule has 0 spiro atoms. The topological polar surface area (TPSA) is 70.6 Å². The molecule has 0 aromatic heterocycles. The second-order valence-corrected chi connectivity index (χ2v) is 9.79. The van der Waals surface area contributed by atoms with Crippen molar-refractivity contribution in [3.8, 4) is 0 Å². The third-order valence-electron chi connectivity index (χ3n) is 3.88. The fourth-order valence-corrected chi connectivity index (χ4v) is 3.49. The van der Waals surface area contributed by atoms with E-state index in [1.807, 2.05) is 52.0 Å². The molecule has 0 heterocycles. The lowest BCUT2D eigenvalue weighted by Gasteiger charge is -2.24. The largest absolute Gasteiger partial charge is 0.357 e. The van der Waals surface area contributed by atoms with Crippen molar-refractivity contribution < 1.29 is 8.42 Å². The van der Waals surface area contributed by atoms with Crippen molar-refractivity contribution in [1.82, 2.24) is 10.6 Å². The van der Waals surface area contributed by atoms with Gasteiger partial charge in [-0.25, -0.2) is 8.42 Å². The minimum Gasteiger partial charge on any atom is -0.357 e. The SMILES string of the molecule is CCNC(=NCC(C)(C)CCS(C)(=O)=O)NC(C)c1ccccc1Cl.I. The van der Waals surface area contributed by atoms with E-state index < -0.39 is 9.84 Å². The van der Waals surface area contributed by atoms with Crippen LogP contribution in [0.15, 0.2) is 29.3 Å². The summed E-state index contributed by atoms with van der Waals surface area (Å²) in [6, 6.07) is 7.72. The minimum absolute atomic E-state index is 0. The van der Waals surface area contributed by atoms with Crippen molar-refractivity contribution >= 4 is 51.4 Å². The van der Waals surface area contributed by atoms with Crippen LogP contribution in [-0.2, 0) is 9.84 Å². The third-order valence-corrected chi connectivity index (χ3v) is 5.17. The molecule has 0 saturated carbocycles. The van der Waals surface area contributed by atoms with Crippen molar-refractivity contribution in [2.45, 2.75) is 40.2 Å². The molecule has 0 aliphatic heterocycles. The van der Waals surface area contributed by atoms with Crippen LogP contribution in [0.25, 0.3) is 0 Å². The Hall–Kier alpha value is -0.540. The Kier molecular flexibility index (Phi) is 11.1. The number of hydrogen-bond acceptors (Lipinski definition) is 3. The van der Waals surface area contributed by atoms with E-state index in [0.29, 0.717) is 23.9 Å². The molecule has 1 aromatic carbocycles. The summed E-state index contributed by atoms with van der Waals surface area (Å²) in [6.45, 7) is 9.37. The van der Waals surface area contributed by atoms with E-state index in [0.717, 1.165) is 12.1 Å². The first-order valence-corrected chi connectivity index (χ1v) is 10.9. The van der Waals surface area contributed by atoms with E-state index in [-0.39, 0.29) is 41.2 Å². The van der Waals surface area contributed by atoms with E-state index in [1.165, 1.54) is 6.26 Å². The zero-order chi connectivity index (χ0) is 19.1. The number of nitrogens with one attached hydrogen (secondary N) is 2. The van der Waals surface area contributed by atoms with Gasteiger partial charge in [0.05, 0.1) is 11.8 Å². The number of hydrogen-bond donors (Lipinski definition) is 2. The maximum atomic E-state index is 11.4. The van der Waals surface area contributed by atoms with Gasteiger partial charge in [-0.1, -0.05) is 43.6 Å². The number of guanidine groups is 1. The van der Waals surface area contributed by atoms with E-state index in [4.69, 9.17) is 11.6 Å². The second-order valence-electron chi connectivity index (χ2n) is 7.13. The summed E-state index contributed by atoms with van der Waals surface area (Å²) >= 11 is 6.26. The molecule has 0 fully saturated rings. The average molecular weight is 516 g/mol. The summed E-state index contributed by atoms with van der Waals surface area (Å²) in [5.41, 5.74) is 0.810. The minimum atomic E-state index is -2.96. The number of aliphatic imine (C=N–C) groups is 1. The summed E-state index contributed by atoms with van der Waals surface area (Å²) in [6.07, 6.45) is 1.85. The van der Waals surface area contributed by atoms with Gasteiger partial charge in [0.25, 0.3) is 0 Å². The van der Waals surface area contributed by atoms with Crippen molar-refractivity contribution in [3.63, 3.8) is 0 Å². The summed E-state index contributed by atoms with van der Waals surface area (Å²) in [7, 11) is -2.96. The molecular weight excluding hydrogens is 485 g/mol. The molecule has 1 aromatic rings. The molecule has 0 aliphatic rings. The average Bonchev–Trinajstić information content (AvgIpc) is 2.51. The Labute approximate surface area is 180 Å². The van der Waals surface area contributed by atoms with Crippen LogP contribution in [0.3, 0.4) is 0 Å². The standard InChI is InChI=1S/C18H30ClN3O2S.HI/c1-6-20-17(21-13-18(3,4)11-12-25(5,23)24)22-14(2)15-9-7-8-10-16(15)19;/h7-10,14H,6,11-13H2,1-5H3,(H2,20,21,22);1H. The van der Waals surface area contributed by atoms with E-state index in [1.54, 1.807) is 0 Å². The Morgan fingerprint density at radius 2 is 1.92 bits per heavy atom. The number of rotatable bonds is 8. The lowest BCUT2D eigenvalue weighted by molar-refractivity contribution is 0.365. The van der Waals surface area contributed by atoms with Gasteiger partial charge in [0.2, 0.25) is 0 Å². The first kappa shape index (κ1) is 25.5. The zero-order valence-electron chi connectivity index (χ0n) is 16.2. The Balaban J connectivity index is 0.00000625. The maximum absolute atomic E-state index is 11.4. The molecule has 2 N–H and O–H groups in total. The summed E-state index contributed by atoms with van der Waals surface area (Å²) in [4.78, 5) is 4.64. The normalized spacial score (nSPS) is 13.7. The summed E-state index contributed by atoms with van der Waals surface area (Å²) < 4.78 is 22.8. The number of benzene rings is 1. The highest BCUT2D eigenvalue weighted by atomic mass is 127. The molecule has 5 nitrogen and oxygen atoms in total. The molecular formula is C18H31ClIN3O2S. The number of sulfone groups is 1. The number of halogens is 2. The van der Waals surface area contributed by atoms with Crippen LogP contribution >= 0.6 is 35.6 Å². The van der Waals surface area contributed by atoms with Gasteiger partial charge in [-0.3, -0.25) is 4.99 Å². The van der Waals surface area contributed by atoms with Gasteiger partial charge >= 0.3 is 0 Å². The highest BCUT2D eigenvalue weighted by molar-refractivity contribution is 14.0. The molecule has 150 valence electrons. The van der Waals surface area contributed by atoms with Gasteiger partial charge in [0.1, 0.15) is 9.84 Å². The van der Waals surface area contributed by atoms with Crippen molar-refractivity contribution in [2.24, 2.45) is 10.4 Å². The van der Waals surface area contributed by atoms with Gasteiger partial charge in [-0.15, -0.1) is 24.0 Å². The van der Waals surface area contributed by atoms with Crippen molar-refractivity contribution in [1.29, 1.82) is 0 Å². The van der Waals surface area contributed by atoms with E-state index in [2.05, 4.69) is 15.6 Å². The highest BCUT2D eigenvalue weighted by Crippen LogP contribution is 2.23. The predicted octanol–water partition coefficient (Wildman–Crippen LogP) is 4.04. The molecule has 1 atom stereocenters. The molecule has 1 unspecified atom stereocenters. The van der Waals surface area contributed by atoms with Gasteiger partial charge < -0.3 is 10.6 Å². The van der Waals surface area contributed by atoms with Crippen LogP contribution < -0.4 is 10.6 Å². The fourth-order valence-electron chi connectivity index (χ4n) is 2.26. The Morgan fingerprint density at radius 3 is 2.46 bits per heavy atom. The smallest absolute Gasteiger partial charge is 0.191 e. The number of nitrogens with zero attached hydrogens (tertiary/aromatic N) is 1. The molecule has 1 rings (SSSR count). The molecule has 26 heavy (non-hydrogen) atoms. The zero-order valence-corrected chi connectivity index (χ0v) is 20.1. The molecule has 0 aliphatic carbocycles. The third kappa shape index (κ3) is 9.97. The summed E-state index contributed by atoms with van der Waals surface area (Å²) in [5, 5.41) is 7.30. The first-order valence-electron chi connectivity index (χ1n) is 8.51. The van der Waals surface area contributed by atoms with Crippen LogP contribution in [0.2, 0.25) is 5.02 Å². The lowest BCUT2D eigenvalue weighted by Crippen LogP contribution is -2.39. The van der Waals surface area contributed by atoms with Gasteiger partial charge in [0.15, 0.2) is 5.96 Å². The monoisotopic (exact) mass is 515 g/mol.